The molecule has 0 radical (unpaired) electrons. The van der Waals surface area contributed by atoms with E-state index in [2.05, 4.69) is 15.3 Å². The Morgan fingerprint density at radius 1 is 1.43 bits per heavy atom. The molecule has 0 aliphatic rings. The summed E-state index contributed by atoms with van der Waals surface area (Å²) in [5, 5.41) is 3.07. The van der Waals surface area contributed by atoms with Gasteiger partial charge in [0.25, 0.3) is 5.91 Å². The van der Waals surface area contributed by atoms with Crippen LogP contribution < -0.4 is 11.1 Å². The number of carbonyl (C=O) groups is 1. The van der Waals surface area contributed by atoms with Crippen molar-refractivity contribution in [3.05, 3.63) is 64.2 Å². The second-order valence-corrected chi connectivity index (χ2v) is 5.25. The molecule has 1 aromatic heterocycles. The molecule has 0 fully saturated rings. The lowest BCUT2D eigenvalue weighted by Gasteiger charge is -2.06. The zero-order chi connectivity index (χ0) is 16.8. The Morgan fingerprint density at radius 2 is 2.22 bits per heavy atom. The third-order valence-corrected chi connectivity index (χ3v) is 3.36. The number of nitrogens with two attached hydrogens (primary N) is 1. The summed E-state index contributed by atoms with van der Waals surface area (Å²) in [5.74, 6) is -0.845. The molecule has 2 aromatic rings. The van der Waals surface area contributed by atoms with E-state index in [-0.39, 0.29) is 30.5 Å². The number of amidine groups is 1. The molecule has 7 heteroatoms. The Hall–Kier alpha value is -2.47. The van der Waals surface area contributed by atoms with Crippen LogP contribution in [-0.4, -0.2) is 29.8 Å². The fraction of sp³-hybridized carbons (Fsp3) is 0.188. The molecular formula is C16H16ClFN4O. The van der Waals surface area contributed by atoms with E-state index in [1.54, 1.807) is 18.2 Å². The molecule has 2 rings (SSSR count). The van der Waals surface area contributed by atoms with E-state index in [0.29, 0.717) is 10.6 Å². The maximum atomic E-state index is 13.5. The van der Waals surface area contributed by atoms with Gasteiger partial charge in [0, 0.05) is 12.7 Å². The summed E-state index contributed by atoms with van der Waals surface area (Å²) < 4.78 is 13.5. The third kappa shape index (κ3) is 4.50. The van der Waals surface area contributed by atoms with Crippen LogP contribution in [0.5, 0.6) is 0 Å². The maximum absolute atomic E-state index is 13.5. The molecule has 5 nitrogen and oxygen atoms in total. The highest BCUT2D eigenvalue weighted by atomic mass is 35.5. The lowest BCUT2D eigenvalue weighted by atomic mass is 10.1. The van der Waals surface area contributed by atoms with E-state index in [1.807, 2.05) is 6.92 Å². The molecule has 3 N–H and O–H groups in total. The number of rotatable bonds is 5. The number of hydrogen-bond donors (Lipinski definition) is 2. The second-order valence-electron chi connectivity index (χ2n) is 4.84. The smallest absolute Gasteiger partial charge is 0.252 e. The third-order valence-electron chi connectivity index (χ3n) is 3.05. The molecule has 0 saturated carbocycles. The first-order valence-electron chi connectivity index (χ1n) is 6.94. The minimum absolute atomic E-state index is 0.000376. The van der Waals surface area contributed by atoms with Crippen LogP contribution in [0.15, 0.2) is 41.5 Å². The summed E-state index contributed by atoms with van der Waals surface area (Å²) in [6.07, 6.45) is 1.43. The van der Waals surface area contributed by atoms with Gasteiger partial charge in [0.05, 0.1) is 17.1 Å². The van der Waals surface area contributed by atoms with Crippen LogP contribution >= 0.6 is 11.6 Å². The van der Waals surface area contributed by atoms with E-state index in [0.717, 1.165) is 5.56 Å². The van der Waals surface area contributed by atoms with E-state index < -0.39 is 5.82 Å². The monoisotopic (exact) mass is 334 g/mol. The van der Waals surface area contributed by atoms with Crippen LogP contribution in [0.3, 0.4) is 0 Å². The largest absolute Gasteiger partial charge is 0.382 e. The molecule has 0 unspecified atom stereocenters. The van der Waals surface area contributed by atoms with Crippen LogP contribution in [-0.2, 0) is 0 Å². The highest BCUT2D eigenvalue weighted by Gasteiger charge is 2.10. The first-order valence-corrected chi connectivity index (χ1v) is 7.32. The molecule has 1 amide bonds. The number of amides is 1. The van der Waals surface area contributed by atoms with Gasteiger partial charge in [0.2, 0.25) is 0 Å². The Morgan fingerprint density at radius 3 is 2.91 bits per heavy atom. The van der Waals surface area contributed by atoms with Crippen LogP contribution in [0.4, 0.5) is 4.39 Å². The van der Waals surface area contributed by atoms with E-state index >= 15 is 0 Å². The number of carbonyl (C=O) groups excluding carboxylic acids is 1. The van der Waals surface area contributed by atoms with E-state index in [9.17, 15) is 9.18 Å². The topological polar surface area (TPSA) is 80.4 Å². The van der Waals surface area contributed by atoms with Crippen LogP contribution in [0, 0.1) is 12.7 Å². The Balaban J connectivity index is 1.91. The first kappa shape index (κ1) is 16.9. The van der Waals surface area contributed by atoms with Crippen LogP contribution in [0.2, 0.25) is 5.02 Å². The number of benzene rings is 1. The van der Waals surface area contributed by atoms with Crippen molar-refractivity contribution in [3.8, 4) is 0 Å². The number of pyridine rings is 1. The van der Waals surface area contributed by atoms with Crippen molar-refractivity contribution in [2.75, 3.05) is 13.1 Å². The lowest BCUT2D eigenvalue weighted by molar-refractivity contribution is 0.0955. The average molecular weight is 335 g/mol. The second kappa shape index (κ2) is 7.69. The number of aromatic nitrogens is 1. The normalized spacial score (nSPS) is 11.3. The fourth-order valence-corrected chi connectivity index (χ4v) is 2.22. The zero-order valence-corrected chi connectivity index (χ0v) is 13.3. The van der Waals surface area contributed by atoms with Gasteiger partial charge in [0.1, 0.15) is 11.5 Å². The van der Waals surface area contributed by atoms with Crippen molar-refractivity contribution in [1.82, 2.24) is 10.3 Å². The van der Waals surface area contributed by atoms with Gasteiger partial charge >= 0.3 is 0 Å². The number of halogens is 2. The van der Waals surface area contributed by atoms with Gasteiger partial charge in [-0.15, -0.1) is 0 Å². The Labute approximate surface area is 138 Å². The standard InChI is InChI=1S/C16H16ClFN4O/c1-10-4-5-11(12(17)9-10)16(23)22-8-7-21-15(19)14-13(18)3-2-6-20-14/h2-6,9H,7-8H2,1H3,(H2,19,21)(H,22,23). The summed E-state index contributed by atoms with van der Waals surface area (Å²) in [4.78, 5) is 19.8. The molecule has 0 bridgehead atoms. The van der Waals surface area contributed by atoms with Crippen molar-refractivity contribution in [1.29, 1.82) is 0 Å². The summed E-state index contributed by atoms with van der Waals surface area (Å²) in [6.45, 7) is 2.34. The van der Waals surface area contributed by atoms with Gasteiger partial charge in [-0.05, 0) is 36.8 Å². The molecule has 1 heterocycles. The van der Waals surface area contributed by atoms with Gasteiger partial charge in [-0.3, -0.25) is 9.79 Å². The molecule has 0 atom stereocenters. The number of hydrogen-bond acceptors (Lipinski definition) is 3. The SMILES string of the molecule is Cc1ccc(C(=O)NCCN=C(N)c2ncccc2F)c(Cl)c1. The summed E-state index contributed by atoms with van der Waals surface area (Å²) >= 11 is 6.03. The lowest BCUT2D eigenvalue weighted by Crippen LogP contribution is -2.27. The highest BCUT2D eigenvalue weighted by molar-refractivity contribution is 6.33. The number of nitrogens with one attached hydrogen (secondary N) is 1. The minimum Gasteiger partial charge on any atom is -0.382 e. The number of aliphatic imine (C=N–C) groups is 1. The summed E-state index contributed by atoms with van der Waals surface area (Å²) in [6, 6.07) is 7.91. The molecular weight excluding hydrogens is 319 g/mol. The summed E-state index contributed by atoms with van der Waals surface area (Å²) in [7, 11) is 0. The average Bonchev–Trinajstić information content (AvgIpc) is 2.51. The summed E-state index contributed by atoms with van der Waals surface area (Å²) in [5.41, 5.74) is 7.05. The van der Waals surface area contributed by atoms with Gasteiger partial charge in [0.15, 0.2) is 5.82 Å². The highest BCUT2D eigenvalue weighted by Crippen LogP contribution is 2.17. The van der Waals surface area contributed by atoms with Crippen molar-refractivity contribution >= 4 is 23.3 Å². The van der Waals surface area contributed by atoms with Crippen molar-refractivity contribution in [2.45, 2.75) is 6.92 Å². The quantitative estimate of drug-likeness (QED) is 0.500. The molecule has 0 aliphatic carbocycles. The molecule has 120 valence electrons. The van der Waals surface area contributed by atoms with E-state index in [1.165, 1.54) is 18.3 Å². The number of nitrogens with zero attached hydrogens (tertiary/aromatic N) is 2. The van der Waals surface area contributed by atoms with E-state index in [4.69, 9.17) is 17.3 Å². The van der Waals surface area contributed by atoms with Crippen LogP contribution in [0.25, 0.3) is 0 Å². The molecule has 0 aliphatic heterocycles. The minimum atomic E-state index is -0.538. The molecule has 1 aromatic carbocycles. The van der Waals surface area contributed by atoms with Gasteiger partial charge < -0.3 is 11.1 Å². The predicted molar refractivity (Wildman–Crippen MR) is 88.3 cm³/mol. The van der Waals surface area contributed by atoms with Crippen molar-refractivity contribution < 1.29 is 9.18 Å². The molecule has 0 spiro atoms. The number of aryl methyl sites for hydroxylation is 1. The predicted octanol–water partition coefficient (Wildman–Crippen LogP) is 2.32. The fourth-order valence-electron chi connectivity index (χ4n) is 1.89. The molecule has 23 heavy (non-hydrogen) atoms. The van der Waals surface area contributed by atoms with Crippen molar-refractivity contribution in [2.24, 2.45) is 10.7 Å². The van der Waals surface area contributed by atoms with Gasteiger partial charge in [-0.2, -0.15) is 0 Å². The van der Waals surface area contributed by atoms with Gasteiger partial charge in [-0.1, -0.05) is 17.7 Å². The van der Waals surface area contributed by atoms with Crippen LogP contribution in [0.1, 0.15) is 21.6 Å². The zero-order valence-electron chi connectivity index (χ0n) is 12.5. The van der Waals surface area contributed by atoms with Crippen molar-refractivity contribution in [3.63, 3.8) is 0 Å². The molecule has 0 saturated heterocycles. The maximum Gasteiger partial charge on any atom is 0.252 e. The Bertz CT molecular complexity index is 749. The first-order chi connectivity index (χ1) is 11.0. The Kier molecular flexibility index (Phi) is 5.65. The van der Waals surface area contributed by atoms with Gasteiger partial charge in [-0.25, -0.2) is 9.37 Å².